The van der Waals surface area contributed by atoms with Crippen molar-refractivity contribution in [3.05, 3.63) is 90.0 Å². The number of carbonyl (C=O) groups is 2. The lowest BCUT2D eigenvalue weighted by atomic mass is 10.1. The van der Waals surface area contributed by atoms with Crippen LogP contribution in [0.3, 0.4) is 0 Å². The molecule has 0 heterocycles. The van der Waals surface area contributed by atoms with E-state index in [1.54, 1.807) is 30.3 Å². The zero-order valence-corrected chi connectivity index (χ0v) is 19.0. The van der Waals surface area contributed by atoms with Crippen LogP contribution in [0.5, 0.6) is 5.75 Å². The summed E-state index contributed by atoms with van der Waals surface area (Å²) in [5.74, 6) is -0.597. The van der Waals surface area contributed by atoms with Crippen molar-refractivity contribution in [2.24, 2.45) is 0 Å². The van der Waals surface area contributed by atoms with Gasteiger partial charge in [-0.2, -0.15) is 0 Å². The second kappa shape index (κ2) is 10.8. The number of benzene rings is 3. The van der Waals surface area contributed by atoms with Gasteiger partial charge in [-0.15, -0.1) is 0 Å². The summed E-state index contributed by atoms with van der Waals surface area (Å²) in [7, 11) is -0.804. The Labute approximate surface area is 192 Å². The summed E-state index contributed by atoms with van der Waals surface area (Å²) in [4.78, 5) is 24.9. The van der Waals surface area contributed by atoms with E-state index in [1.807, 2.05) is 30.3 Å². The molecule has 0 aliphatic heterocycles. The molecule has 8 nitrogen and oxygen atoms in total. The molecule has 0 atom stereocenters. The van der Waals surface area contributed by atoms with Gasteiger partial charge in [0.25, 0.3) is 5.91 Å². The molecule has 3 aromatic carbocycles. The van der Waals surface area contributed by atoms with Gasteiger partial charge in [0, 0.05) is 25.3 Å². The summed E-state index contributed by atoms with van der Waals surface area (Å²) >= 11 is 0. The molecular weight excluding hydrogens is 444 g/mol. The standard InChI is InChI=1S/C24H24N2O6S/c1-26(2)33(29,30)21-13-8-10-19(15-21)25-23(27)17-32-24(28)22-14-7-6-9-18(22)16-31-20-11-4-3-5-12-20/h3-15H,16-17H2,1-2H3,(H,25,27). The highest BCUT2D eigenvalue weighted by Gasteiger charge is 2.18. The van der Waals surface area contributed by atoms with E-state index in [1.165, 1.54) is 32.3 Å². The number of rotatable bonds is 9. The lowest BCUT2D eigenvalue weighted by Crippen LogP contribution is -2.23. The summed E-state index contributed by atoms with van der Waals surface area (Å²) in [6.45, 7) is -0.369. The van der Waals surface area contributed by atoms with Crippen molar-refractivity contribution in [3.8, 4) is 5.75 Å². The van der Waals surface area contributed by atoms with Crippen molar-refractivity contribution in [3.63, 3.8) is 0 Å². The molecule has 0 saturated carbocycles. The van der Waals surface area contributed by atoms with Crippen LogP contribution in [0.2, 0.25) is 0 Å². The third kappa shape index (κ3) is 6.41. The van der Waals surface area contributed by atoms with Crippen LogP contribution in [0.1, 0.15) is 15.9 Å². The zero-order chi connectivity index (χ0) is 23.8. The van der Waals surface area contributed by atoms with Crippen LogP contribution in [-0.2, 0) is 26.2 Å². The number of para-hydroxylation sites is 1. The molecule has 0 fully saturated rings. The normalized spacial score (nSPS) is 11.1. The Kier molecular flexibility index (Phi) is 7.81. The summed E-state index contributed by atoms with van der Waals surface area (Å²) in [6, 6.07) is 21.8. The molecule has 3 rings (SSSR count). The molecule has 0 aromatic heterocycles. The summed E-state index contributed by atoms with van der Waals surface area (Å²) in [6.07, 6.45) is 0. The smallest absolute Gasteiger partial charge is 0.339 e. The average Bonchev–Trinajstić information content (AvgIpc) is 2.82. The molecular formula is C24H24N2O6S. The molecule has 0 unspecified atom stereocenters. The highest BCUT2D eigenvalue weighted by atomic mass is 32.2. The zero-order valence-electron chi connectivity index (χ0n) is 18.2. The summed E-state index contributed by atoms with van der Waals surface area (Å²) in [5, 5.41) is 2.54. The van der Waals surface area contributed by atoms with Crippen molar-refractivity contribution in [1.29, 1.82) is 0 Å². The van der Waals surface area contributed by atoms with Crippen LogP contribution in [0.4, 0.5) is 5.69 Å². The Morgan fingerprint density at radius 1 is 0.909 bits per heavy atom. The molecule has 0 saturated heterocycles. The number of hydrogen-bond acceptors (Lipinski definition) is 6. The van der Waals surface area contributed by atoms with Crippen molar-refractivity contribution < 1.29 is 27.5 Å². The minimum Gasteiger partial charge on any atom is -0.489 e. The fourth-order valence-corrected chi connectivity index (χ4v) is 3.82. The van der Waals surface area contributed by atoms with Gasteiger partial charge in [0.05, 0.1) is 10.5 Å². The number of nitrogens with zero attached hydrogens (tertiary/aromatic N) is 1. The van der Waals surface area contributed by atoms with Gasteiger partial charge < -0.3 is 14.8 Å². The second-order valence-corrected chi connectivity index (χ2v) is 9.35. The molecule has 33 heavy (non-hydrogen) atoms. The number of sulfonamides is 1. The number of esters is 1. The third-order valence-electron chi connectivity index (χ3n) is 4.61. The monoisotopic (exact) mass is 468 g/mol. The molecule has 0 radical (unpaired) electrons. The van der Waals surface area contributed by atoms with E-state index in [4.69, 9.17) is 9.47 Å². The first-order valence-electron chi connectivity index (χ1n) is 10.0. The molecule has 0 aliphatic rings. The number of hydrogen-bond donors (Lipinski definition) is 1. The quantitative estimate of drug-likeness (QED) is 0.484. The third-order valence-corrected chi connectivity index (χ3v) is 6.42. The number of amides is 1. The van der Waals surface area contributed by atoms with E-state index in [2.05, 4.69) is 5.32 Å². The largest absolute Gasteiger partial charge is 0.489 e. The minimum absolute atomic E-state index is 0.0367. The van der Waals surface area contributed by atoms with Gasteiger partial charge in [-0.3, -0.25) is 4.79 Å². The van der Waals surface area contributed by atoms with Crippen LogP contribution >= 0.6 is 0 Å². The SMILES string of the molecule is CN(C)S(=O)(=O)c1cccc(NC(=O)COC(=O)c2ccccc2COc2ccccc2)c1. The molecule has 1 N–H and O–H groups in total. The van der Waals surface area contributed by atoms with Gasteiger partial charge >= 0.3 is 5.97 Å². The Bertz CT molecular complexity index is 1230. The Hall–Kier alpha value is -3.69. The van der Waals surface area contributed by atoms with Crippen LogP contribution in [0, 0.1) is 0 Å². The predicted molar refractivity (Wildman–Crippen MR) is 123 cm³/mol. The molecule has 0 aliphatic carbocycles. The molecule has 172 valence electrons. The number of anilines is 1. The highest BCUT2D eigenvalue weighted by Crippen LogP contribution is 2.18. The lowest BCUT2D eigenvalue weighted by Gasteiger charge is -2.13. The summed E-state index contributed by atoms with van der Waals surface area (Å²) < 4.78 is 36.4. The Balaban J connectivity index is 1.60. The highest BCUT2D eigenvalue weighted by molar-refractivity contribution is 7.89. The first kappa shape index (κ1) is 24.0. The number of ether oxygens (including phenoxy) is 2. The Morgan fingerprint density at radius 2 is 1.61 bits per heavy atom. The van der Waals surface area contributed by atoms with E-state index in [9.17, 15) is 18.0 Å². The molecule has 3 aromatic rings. The van der Waals surface area contributed by atoms with Crippen LogP contribution in [0.25, 0.3) is 0 Å². The van der Waals surface area contributed by atoms with Crippen molar-refractivity contribution in [1.82, 2.24) is 4.31 Å². The maximum Gasteiger partial charge on any atom is 0.339 e. The van der Waals surface area contributed by atoms with E-state index in [0.717, 1.165) is 4.31 Å². The number of nitrogens with one attached hydrogen (secondary N) is 1. The maximum atomic E-state index is 12.6. The molecule has 1 amide bonds. The van der Waals surface area contributed by atoms with E-state index < -0.39 is 28.5 Å². The second-order valence-electron chi connectivity index (χ2n) is 7.20. The van der Waals surface area contributed by atoms with Crippen LogP contribution in [0.15, 0.2) is 83.8 Å². The van der Waals surface area contributed by atoms with Gasteiger partial charge in [0.15, 0.2) is 6.61 Å². The molecule has 0 bridgehead atoms. The fraction of sp³-hybridized carbons (Fsp3) is 0.167. The first-order valence-corrected chi connectivity index (χ1v) is 11.5. The van der Waals surface area contributed by atoms with Gasteiger partial charge in [-0.05, 0) is 36.4 Å². The van der Waals surface area contributed by atoms with Gasteiger partial charge in [0.1, 0.15) is 12.4 Å². The average molecular weight is 469 g/mol. The Morgan fingerprint density at radius 3 is 2.33 bits per heavy atom. The lowest BCUT2D eigenvalue weighted by molar-refractivity contribution is -0.119. The topological polar surface area (TPSA) is 102 Å². The molecule has 0 spiro atoms. The maximum absolute atomic E-state index is 12.6. The van der Waals surface area contributed by atoms with Crippen molar-refractivity contribution in [2.75, 3.05) is 26.0 Å². The van der Waals surface area contributed by atoms with Crippen LogP contribution < -0.4 is 10.1 Å². The van der Waals surface area contributed by atoms with E-state index in [-0.39, 0.29) is 17.2 Å². The summed E-state index contributed by atoms with van der Waals surface area (Å²) in [5.41, 5.74) is 1.18. The van der Waals surface area contributed by atoms with Crippen LogP contribution in [-0.4, -0.2) is 45.3 Å². The van der Waals surface area contributed by atoms with Crippen molar-refractivity contribution in [2.45, 2.75) is 11.5 Å². The predicted octanol–water partition coefficient (Wildman–Crippen LogP) is 3.31. The fourth-order valence-electron chi connectivity index (χ4n) is 2.87. The van der Waals surface area contributed by atoms with Gasteiger partial charge in [-0.1, -0.05) is 42.5 Å². The van der Waals surface area contributed by atoms with E-state index >= 15 is 0 Å². The van der Waals surface area contributed by atoms with Gasteiger partial charge in [0.2, 0.25) is 10.0 Å². The minimum atomic E-state index is -3.64. The molecule has 9 heteroatoms. The van der Waals surface area contributed by atoms with E-state index in [0.29, 0.717) is 16.9 Å². The first-order chi connectivity index (χ1) is 15.8. The van der Waals surface area contributed by atoms with Crippen molar-refractivity contribution >= 4 is 27.6 Å². The number of carbonyl (C=O) groups excluding carboxylic acids is 2. The van der Waals surface area contributed by atoms with Gasteiger partial charge in [-0.25, -0.2) is 17.5 Å².